The van der Waals surface area contributed by atoms with E-state index in [9.17, 15) is 4.79 Å². The van der Waals surface area contributed by atoms with Crippen LogP contribution in [0.5, 0.6) is 11.6 Å². The smallest absolute Gasteiger partial charge is 0.279 e. The van der Waals surface area contributed by atoms with E-state index in [0.29, 0.717) is 35.9 Å². The Morgan fingerprint density at radius 1 is 1.17 bits per heavy atom. The van der Waals surface area contributed by atoms with E-state index in [4.69, 9.17) is 9.47 Å². The number of aromatic amines is 1. The summed E-state index contributed by atoms with van der Waals surface area (Å²) in [5.74, 6) is 1.20. The Balaban J connectivity index is 1.52. The molecule has 4 aromatic rings. The van der Waals surface area contributed by atoms with Crippen molar-refractivity contribution < 1.29 is 9.47 Å². The number of imidazole rings is 1. The highest BCUT2D eigenvalue weighted by molar-refractivity contribution is 5.73. The quantitative estimate of drug-likeness (QED) is 0.560. The van der Waals surface area contributed by atoms with Crippen LogP contribution in [0.4, 0.5) is 0 Å². The molecule has 8 heteroatoms. The Morgan fingerprint density at radius 3 is 2.79 bits per heavy atom. The molecular weight excluding hydrogens is 310 g/mol. The van der Waals surface area contributed by atoms with Crippen LogP contribution in [0, 0.1) is 0 Å². The third kappa shape index (κ3) is 2.47. The van der Waals surface area contributed by atoms with Crippen molar-refractivity contribution in [3.05, 3.63) is 53.1 Å². The number of aryl methyl sites for hydroxylation is 1. The van der Waals surface area contributed by atoms with Gasteiger partial charge in [-0.1, -0.05) is 18.2 Å². The van der Waals surface area contributed by atoms with Crippen LogP contribution in [0.15, 0.2) is 47.5 Å². The lowest BCUT2D eigenvalue weighted by Gasteiger charge is -2.05. The summed E-state index contributed by atoms with van der Waals surface area (Å²) >= 11 is 0. The molecule has 1 aromatic carbocycles. The average molecular weight is 325 g/mol. The standard InChI is InChI=1S/C16H15N5O3/c1-20-10-17-14-15(22)18-12-9-13(19-21(12)16(14)20)24-8-7-23-11-5-3-2-4-6-11/h2-6,9-10H,7-8H2,1H3,(H,18,22). The summed E-state index contributed by atoms with van der Waals surface area (Å²) in [5, 5.41) is 4.37. The number of aromatic nitrogens is 5. The van der Waals surface area contributed by atoms with Gasteiger partial charge in [0.25, 0.3) is 5.56 Å². The molecule has 122 valence electrons. The summed E-state index contributed by atoms with van der Waals surface area (Å²) < 4.78 is 14.5. The summed E-state index contributed by atoms with van der Waals surface area (Å²) in [4.78, 5) is 18.8. The van der Waals surface area contributed by atoms with Crippen LogP contribution in [0.2, 0.25) is 0 Å². The Kier molecular flexibility index (Phi) is 3.42. The molecular formula is C16H15N5O3. The Labute approximate surface area is 136 Å². The van der Waals surface area contributed by atoms with Gasteiger partial charge in [0.15, 0.2) is 11.2 Å². The topological polar surface area (TPSA) is 86.4 Å². The molecule has 0 saturated heterocycles. The van der Waals surface area contributed by atoms with E-state index in [-0.39, 0.29) is 5.56 Å². The minimum atomic E-state index is -0.253. The average Bonchev–Trinajstić information content (AvgIpc) is 3.16. The number of nitrogens with zero attached hydrogens (tertiary/aromatic N) is 4. The summed E-state index contributed by atoms with van der Waals surface area (Å²) in [6, 6.07) is 11.2. The zero-order valence-electron chi connectivity index (χ0n) is 13.0. The van der Waals surface area contributed by atoms with Crippen molar-refractivity contribution in [1.82, 2.24) is 24.1 Å². The number of fused-ring (bicyclic) bond motifs is 3. The molecule has 0 atom stereocenters. The van der Waals surface area contributed by atoms with E-state index < -0.39 is 0 Å². The molecule has 3 heterocycles. The van der Waals surface area contributed by atoms with Gasteiger partial charge in [0, 0.05) is 13.1 Å². The molecule has 0 aliphatic carbocycles. The first kappa shape index (κ1) is 14.3. The highest BCUT2D eigenvalue weighted by Gasteiger charge is 2.13. The molecule has 3 aromatic heterocycles. The highest BCUT2D eigenvalue weighted by atomic mass is 16.5. The van der Waals surface area contributed by atoms with Crippen molar-refractivity contribution in [3.63, 3.8) is 0 Å². The predicted octanol–water partition coefficient (Wildman–Crippen LogP) is 1.37. The van der Waals surface area contributed by atoms with Crippen LogP contribution in [0.1, 0.15) is 0 Å². The predicted molar refractivity (Wildman–Crippen MR) is 87.5 cm³/mol. The first-order valence-corrected chi connectivity index (χ1v) is 7.46. The van der Waals surface area contributed by atoms with E-state index in [1.807, 2.05) is 37.4 Å². The number of H-pyrrole nitrogens is 1. The molecule has 0 aliphatic heterocycles. The normalized spacial score (nSPS) is 11.2. The summed E-state index contributed by atoms with van der Waals surface area (Å²) in [5.41, 5.74) is 1.25. The van der Waals surface area contributed by atoms with Crippen molar-refractivity contribution in [2.75, 3.05) is 13.2 Å². The largest absolute Gasteiger partial charge is 0.490 e. The fourth-order valence-electron chi connectivity index (χ4n) is 2.51. The molecule has 0 unspecified atom stereocenters. The molecule has 8 nitrogen and oxygen atoms in total. The number of benzene rings is 1. The lowest BCUT2D eigenvalue weighted by atomic mass is 10.3. The van der Waals surface area contributed by atoms with Crippen molar-refractivity contribution in [1.29, 1.82) is 0 Å². The van der Waals surface area contributed by atoms with Crippen LogP contribution in [0.25, 0.3) is 16.8 Å². The van der Waals surface area contributed by atoms with Gasteiger partial charge in [-0.15, -0.1) is 5.10 Å². The molecule has 0 aliphatic rings. The number of hydrogen-bond acceptors (Lipinski definition) is 5. The molecule has 0 fully saturated rings. The lowest BCUT2D eigenvalue weighted by molar-refractivity contribution is 0.211. The third-order valence-corrected chi connectivity index (χ3v) is 3.60. The zero-order chi connectivity index (χ0) is 16.5. The highest BCUT2D eigenvalue weighted by Crippen LogP contribution is 2.15. The Bertz CT molecular complexity index is 1050. The maximum absolute atomic E-state index is 12.0. The van der Waals surface area contributed by atoms with Crippen LogP contribution in [-0.4, -0.2) is 37.4 Å². The van der Waals surface area contributed by atoms with Crippen molar-refractivity contribution in [3.8, 4) is 11.6 Å². The fourth-order valence-corrected chi connectivity index (χ4v) is 2.51. The monoisotopic (exact) mass is 325 g/mol. The third-order valence-electron chi connectivity index (χ3n) is 3.60. The first-order valence-electron chi connectivity index (χ1n) is 7.46. The SMILES string of the molecule is Cn1cnc2c(=O)[nH]c3cc(OCCOc4ccccc4)nn3c21. The summed E-state index contributed by atoms with van der Waals surface area (Å²) in [6.45, 7) is 0.743. The number of rotatable bonds is 5. The number of nitrogens with one attached hydrogen (secondary N) is 1. The molecule has 0 bridgehead atoms. The van der Waals surface area contributed by atoms with E-state index in [2.05, 4.69) is 15.1 Å². The maximum atomic E-state index is 12.0. The molecule has 0 amide bonds. The van der Waals surface area contributed by atoms with Gasteiger partial charge < -0.3 is 19.0 Å². The van der Waals surface area contributed by atoms with Crippen LogP contribution in [-0.2, 0) is 7.05 Å². The van der Waals surface area contributed by atoms with Crippen molar-refractivity contribution in [2.45, 2.75) is 0 Å². The number of para-hydroxylation sites is 1. The second kappa shape index (κ2) is 5.73. The van der Waals surface area contributed by atoms with Crippen molar-refractivity contribution >= 4 is 16.8 Å². The Hall–Kier alpha value is -3.29. The van der Waals surface area contributed by atoms with Gasteiger partial charge in [-0.05, 0) is 12.1 Å². The van der Waals surface area contributed by atoms with Gasteiger partial charge >= 0.3 is 0 Å². The Morgan fingerprint density at radius 2 is 1.96 bits per heavy atom. The van der Waals surface area contributed by atoms with Crippen molar-refractivity contribution in [2.24, 2.45) is 7.05 Å². The summed E-state index contributed by atoms with van der Waals surface area (Å²) in [7, 11) is 1.81. The van der Waals surface area contributed by atoms with Gasteiger partial charge in [0.2, 0.25) is 5.88 Å². The number of hydrogen-bond donors (Lipinski definition) is 1. The van der Waals surface area contributed by atoms with Gasteiger partial charge in [-0.3, -0.25) is 4.79 Å². The maximum Gasteiger partial charge on any atom is 0.279 e. The molecule has 1 N–H and O–H groups in total. The van der Waals surface area contributed by atoms with Crippen LogP contribution < -0.4 is 15.0 Å². The van der Waals surface area contributed by atoms with Gasteiger partial charge in [-0.25, -0.2) is 4.98 Å². The zero-order valence-corrected chi connectivity index (χ0v) is 13.0. The number of ether oxygens (including phenoxy) is 2. The second-order valence-electron chi connectivity index (χ2n) is 5.27. The fraction of sp³-hybridized carbons (Fsp3) is 0.188. The lowest BCUT2D eigenvalue weighted by Crippen LogP contribution is -2.11. The van der Waals surface area contributed by atoms with E-state index in [0.717, 1.165) is 5.75 Å². The van der Waals surface area contributed by atoms with Crippen LogP contribution >= 0.6 is 0 Å². The van der Waals surface area contributed by atoms with E-state index >= 15 is 0 Å². The molecule has 0 spiro atoms. The molecule has 0 saturated carbocycles. The van der Waals surface area contributed by atoms with Crippen LogP contribution in [0.3, 0.4) is 0 Å². The molecule has 4 rings (SSSR count). The first-order chi connectivity index (χ1) is 11.7. The second-order valence-corrected chi connectivity index (χ2v) is 5.27. The van der Waals surface area contributed by atoms with E-state index in [1.54, 1.807) is 21.5 Å². The minimum absolute atomic E-state index is 0.253. The van der Waals surface area contributed by atoms with Gasteiger partial charge in [-0.2, -0.15) is 4.52 Å². The van der Waals surface area contributed by atoms with Gasteiger partial charge in [0.1, 0.15) is 24.6 Å². The molecule has 0 radical (unpaired) electrons. The van der Waals surface area contributed by atoms with Gasteiger partial charge in [0.05, 0.1) is 6.33 Å². The molecule has 24 heavy (non-hydrogen) atoms. The van der Waals surface area contributed by atoms with E-state index in [1.165, 1.54) is 0 Å². The minimum Gasteiger partial charge on any atom is -0.490 e. The summed E-state index contributed by atoms with van der Waals surface area (Å²) in [6.07, 6.45) is 1.58.